The van der Waals surface area contributed by atoms with Gasteiger partial charge >= 0.3 is 0 Å². The van der Waals surface area contributed by atoms with Crippen LogP contribution < -0.4 is 4.74 Å². The molecule has 5 heteroatoms. The van der Waals surface area contributed by atoms with Gasteiger partial charge in [0.25, 0.3) is 10.1 Å². The molecule has 0 saturated carbocycles. The molecule has 19 heavy (non-hydrogen) atoms. The number of hydrogen-bond acceptors (Lipinski definition) is 3. The van der Waals surface area contributed by atoms with Gasteiger partial charge in [-0.25, -0.2) is 0 Å². The Hall–Kier alpha value is -1.07. The number of benzene rings is 1. The minimum Gasteiger partial charge on any atom is -0.492 e. The van der Waals surface area contributed by atoms with E-state index in [0.29, 0.717) is 6.61 Å². The Labute approximate surface area is 115 Å². The van der Waals surface area contributed by atoms with Crippen molar-refractivity contribution in [3.05, 3.63) is 24.3 Å². The van der Waals surface area contributed by atoms with Crippen LogP contribution in [-0.2, 0) is 10.1 Å². The standard InChI is InChI=1S/C14H22O4S/c1-2-3-4-5-6-9-12-18-13-10-7-8-11-14(13)19(15,16)17/h7-8,10-11H,2-6,9,12H2,1H3,(H,15,16,17). The first-order valence-electron chi connectivity index (χ1n) is 6.75. The van der Waals surface area contributed by atoms with Gasteiger partial charge in [-0.1, -0.05) is 51.2 Å². The minimum absolute atomic E-state index is 0.166. The Kier molecular flexibility index (Phi) is 6.87. The maximum atomic E-state index is 11.1. The maximum absolute atomic E-state index is 11.1. The van der Waals surface area contributed by atoms with E-state index in [1.807, 2.05) is 0 Å². The quantitative estimate of drug-likeness (QED) is 0.555. The molecular formula is C14H22O4S. The van der Waals surface area contributed by atoms with E-state index in [9.17, 15) is 8.42 Å². The van der Waals surface area contributed by atoms with Crippen molar-refractivity contribution in [2.45, 2.75) is 50.3 Å². The van der Waals surface area contributed by atoms with Crippen LogP contribution >= 0.6 is 0 Å². The normalized spacial score (nSPS) is 11.5. The minimum atomic E-state index is -4.21. The van der Waals surface area contributed by atoms with Crippen LogP contribution in [-0.4, -0.2) is 19.6 Å². The molecule has 0 aliphatic heterocycles. The van der Waals surface area contributed by atoms with Crippen LogP contribution in [0.1, 0.15) is 45.4 Å². The van der Waals surface area contributed by atoms with E-state index in [2.05, 4.69) is 6.92 Å². The molecule has 0 spiro atoms. The zero-order valence-corrected chi connectivity index (χ0v) is 12.2. The summed E-state index contributed by atoms with van der Waals surface area (Å²) in [6.07, 6.45) is 6.86. The van der Waals surface area contributed by atoms with Crippen LogP contribution in [0.4, 0.5) is 0 Å². The molecule has 0 heterocycles. The van der Waals surface area contributed by atoms with E-state index in [1.54, 1.807) is 18.2 Å². The molecule has 0 atom stereocenters. The Morgan fingerprint density at radius 1 is 1.05 bits per heavy atom. The van der Waals surface area contributed by atoms with Crippen LogP contribution in [0.25, 0.3) is 0 Å². The van der Waals surface area contributed by atoms with Gasteiger partial charge in [-0.05, 0) is 18.6 Å². The van der Waals surface area contributed by atoms with Crippen molar-refractivity contribution in [2.75, 3.05) is 6.61 Å². The monoisotopic (exact) mass is 286 g/mol. The van der Waals surface area contributed by atoms with Gasteiger partial charge < -0.3 is 4.74 Å². The molecule has 0 radical (unpaired) electrons. The molecule has 0 aromatic heterocycles. The van der Waals surface area contributed by atoms with Crippen molar-refractivity contribution in [3.63, 3.8) is 0 Å². The van der Waals surface area contributed by atoms with Gasteiger partial charge in [0.1, 0.15) is 10.6 Å². The molecular weight excluding hydrogens is 264 g/mol. The van der Waals surface area contributed by atoms with Gasteiger partial charge in [0.2, 0.25) is 0 Å². The van der Waals surface area contributed by atoms with E-state index < -0.39 is 10.1 Å². The summed E-state index contributed by atoms with van der Waals surface area (Å²) >= 11 is 0. The first kappa shape index (κ1) is 16.0. The van der Waals surface area contributed by atoms with Gasteiger partial charge in [-0.2, -0.15) is 8.42 Å². The fraction of sp³-hybridized carbons (Fsp3) is 0.571. The lowest BCUT2D eigenvalue weighted by atomic mass is 10.1. The molecule has 0 saturated heterocycles. The summed E-state index contributed by atoms with van der Waals surface area (Å²) in [4.78, 5) is -0.166. The molecule has 0 bridgehead atoms. The average Bonchev–Trinajstić information content (AvgIpc) is 2.37. The van der Waals surface area contributed by atoms with Gasteiger partial charge in [-0.15, -0.1) is 0 Å². The van der Waals surface area contributed by atoms with E-state index in [-0.39, 0.29) is 10.6 Å². The van der Waals surface area contributed by atoms with Gasteiger partial charge in [-0.3, -0.25) is 4.55 Å². The highest BCUT2D eigenvalue weighted by atomic mass is 32.2. The zero-order valence-electron chi connectivity index (χ0n) is 11.3. The predicted molar refractivity (Wildman–Crippen MR) is 75.1 cm³/mol. The summed E-state index contributed by atoms with van der Waals surface area (Å²) in [5.74, 6) is 0.221. The lowest BCUT2D eigenvalue weighted by Crippen LogP contribution is -2.04. The van der Waals surface area contributed by atoms with Gasteiger partial charge in [0.05, 0.1) is 6.61 Å². The second-order valence-electron chi connectivity index (χ2n) is 4.54. The molecule has 1 rings (SSSR count). The number of unbranched alkanes of at least 4 members (excludes halogenated alkanes) is 5. The van der Waals surface area contributed by atoms with Crippen molar-refractivity contribution in [1.82, 2.24) is 0 Å². The number of hydrogen-bond donors (Lipinski definition) is 1. The summed E-state index contributed by atoms with van der Waals surface area (Å²) in [6, 6.07) is 6.14. The lowest BCUT2D eigenvalue weighted by molar-refractivity contribution is 0.295. The number of ether oxygens (including phenoxy) is 1. The van der Waals surface area contributed by atoms with Crippen LogP contribution in [0.2, 0.25) is 0 Å². The van der Waals surface area contributed by atoms with Crippen LogP contribution in [0.5, 0.6) is 5.75 Å². The summed E-state index contributed by atoms with van der Waals surface area (Å²) in [5, 5.41) is 0. The van der Waals surface area contributed by atoms with Crippen molar-refractivity contribution < 1.29 is 17.7 Å². The average molecular weight is 286 g/mol. The fourth-order valence-electron chi connectivity index (χ4n) is 1.85. The Morgan fingerprint density at radius 2 is 1.68 bits per heavy atom. The smallest absolute Gasteiger partial charge is 0.298 e. The highest BCUT2D eigenvalue weighted by Crippen LogP contribution is 2.23. The summed E-state index contributed by atoms with van der Waals surface area (Å²) < 4.78 is 36.8. The Bertz CT molecular complexity index is 468. The van der Waals surface area contributed by atoms with Crippen molar-refractivity contribution in [1.29, 1.82) is 0 Å². The topological polar surface area (TPSA) is 63.6 Å². The summed E-state index contributed by atoms with van der Waals surface area (Å²) in [7, 11) is -4.21. The summed E-state index contributed by atoms with van der Waals surface area (Å²) in [5.41, 5.74) is 0. The molecule has 0 unspecified atom stereocenters. The van der Waals surface area contributed by atoms with Gasteiger partial charge in [0.15, 0.2) is 0 Å². The van der Waals surface area contributed by atoms with Crippen LogP contribution in [0.3, 0.4) is 0 Å². The highest BCUT2D eigenvalue weighted by Gasteiger charge is 2.15. The lowest BCUT2D eigenvalue weighted by Gasteiger charge is -2.09. The maximum Gasteiger partial charge on any atom is 0.298 e. The fourth-order valence-corrected chi connectivity index (χ4v) is 2.48. The molecule has 0 amide bonds. The van der Waals surface area contributed by atoms with Crippen molar-refractivity contribution in [3.8, 4) is 5.75 Å². The number of para-hydroxylation sites is 1. The Morgan fingerprint density at radius 3 is 2.37 bits per heavy atom. The van der Waals surface area contributed by atoms with Crippen LogP contribution in [0.15, 0.2) is 29.2 Å². The number of rotatable bonds is 9. The third kappa shape index (κ3) is 6.07. The third-order valence-electron chi connectivity index (χ3n) is 2.88. The van der Waals surface area contributed by atoms with Crippen LogP contribution in [0, 0.1) is 0 Å². The zero-order chi connectivity index (χ0) is 14.1. The van der Waals surface area contributed by atoms with E-state index in [0.717, 1.165) is 12.8 Å². The molecule has 1 aromatic rings. The molecule has 0 aliphatic rings. The van der Waals surface area contributed by atoms with Gasteiger partial charge in [0, 0.05) is 0 Å². The highest BCUT2D eigenvalue weighted by molar-refractivity contribution is 7.86. The first-order valence-corrected chi connectivity index (χ1v) is 8.19. The SMILES string of the molecule is CCCCCCCCOc1ccccc1S(=O)(=O)O. The molecule has 1 aromatic carbocycles. The summed E-state index contributed by atoms with van der Waals surface area (Å²) in [6.45, 7) is 2.65. The van der Waals surface area contributed by atoms with E-state index in [1.165, 1.54) is 31.7 Å². The largest absolute Gasteiger partial charge is 0.492 e. The Balaban J connectivity index is 2.38. The molecule has 1 N–H and O–H groups in total. The van der Waals surface area contributed by atoms with Crippen molar-refractivity contribution >= 4 is 10.1 Å². The molecule has 0 aliphatic carbocycles. The second kappa shape index (κ2) is 8.17. The van der Waals surface area contributed by atoms with E-state index in [4.69, 9.17) is 9.29 Å². The van der Waals surface area contributed by atoms with E-state index >= 15 is 0 Å². The molecule has 108 valence electrons. The van der Waals surface area contributed by atoms with Crippen molar-refractivity contribution in [2.24, 2.45) is 0 Å². The molecule has 0 fully saturated rings. The first-order chi connectivity index (χ1) is 9.05. The third-order valence-corrected chi connectivity index (χ3v) is 3.78. The second-order valence-corrected chi connectivity index (χ2v) is 5.93. The predicted octanol–water partition coefficient (Wildman–Crippen LogP) is 3.67. The molecule has 4 nitrogen and oxygen atoms in total.